The van der Waals surface area contributed by atoms with Gasteiger partial charge in [0, 0.05) is 6.42 Å². The molecule has 22 heavy (non-hydrogen) atoms. The molecule has 1 saturated heterocycles. The smallest absolute Gasteiger partial charge is 0.418 e. The molecular weight excluding hydrogens is 318 g/mol. The van der Waals surface area contributed by atoms with Gasteiger partial charge in [0.1, 0.15) is 5.60 Å². The summed E-state index contributed by atoms with van der Waals surface area (Å²) in [6.07, 6.45) is -2.51. The quantitative estimate of drug-likeness (QED) is 0.730. The Labute approximate surface area is 128 Å². The number of amides is 2. The third kappa shape index (κ3) is 3.95. The van der Waals surface area contributed by atoms with Crippen molar-refractivity contribution in [2.24, 2.45) is 0 Å². The van der Waals surface area contributed by atoms with Crippen molar-refractivity contribution in [3.05, 3.63) is 0 Å². The van der Waals surface area contributed by atoms with E-state index in [1.54, 1.807) is 20.8 Å². The standard InChI is InChI=1S/C12H19NO8S/c1-11(2,3)20-10(17)13-8(14)7(21-22(5,18)19)6-12(13,4)9(15)16/h7H,6H2,1-5H3,(H,15,16). The molecular formula is C12H19NO8S. The molecule has 0 saturated carbocycles. The Hall–Kier alpha value is -1.68. The first kappa shape index (κ1) is 18.4. The van der Waals surface area contributed by atoms with Crippen LogP contribution in [-0.4, -0.2) is 59.9 Å². The molecule has 2 unspecified atom stereocenters. The molecule has 1 heterocycles. The van der Waals surface area contributed by atoms with Crippen molar-refractivity contribution in [3.63, 3.8) is 0 Å². The Morgan fingerprint density at radius 1 is 1.36 bits per heavy atom. The predicted octanol–water partition coefficient (Wildman–Crippen LogP) is 0.342. The number of likely N-dealkylation sites (tertiary alicyclic amines) is 1. The number of ether oxygens (including phenoxy) is 1. The maximum Gasteiger partial charge on any atom is 0.418 e. The SMILES string of the molecule is CC(C)(C)OC(=O)N1C(=O)C(OS(C)(=O)=O)CC1(C)C(=O)O. The van der Waals surface area contributed by atoms with E-state index in [0.717, 1.165) is 13.2 Å². The van der Waals surface area contributed by atoms with Crippen LogP contribution in [-0.2, 0) is 28.6 Å². The Bertz CT molecular complexity index is 605. The van der Waals surface area contributed by atoms with Gasteiger partial charge in [0.05, 0.1) is 6.26 Å². The normalized spacial score (nSPS) is 26.1. The van der Waals surface area contributed by atoms with Crippen LogP contribution >= 0.6 is 0 Å². The van der Waals surface area contributed by atoms with Crippen LogP contribution in [0.1, 0.15) is 34.1 Å². The second kappa shape index (κ2) is 5.51. The fourth-order valence-corrected chi connectivity index (χ4v) is 2.57. The molecule has 0 bridgehead atoms. The van der Waals surface area contributed by atoms with Crippen LogP contribution in [0.2, 0.25) is 0 Å². The van der Waals surface area contributed by atoms with Gasteiger partial charge in [-0.3, -0.25) is 8.98 Å². The Kier molecular flexibility index (Phi) is 4.60. The van der Waals surface area contributed by atoms with Crippen LogP contribution in [0.4, 0.5) is 4.79 Å². The Morgan fingerprint density at radius 3 is 2.23 bits per heavy atom. The van der Waals surface area contributed by atoms with Crippen molar-refractivity contribution >= 4 is 28.1 Å². The first-order valence-electron chi connectivity index (χ1n) is 6.36. The average molecular weight is 337 g/mol. The number of carbonyl (C=O) groups is 3. The van der Waals surface area contributed by atoms with Crippen LogP contribution in [0.25, 0.3) is 0 Å². The topological polar surface area (TPSA) is 127 Å². The minimum atomic E-state index is -3.99. The predicted molar refractivity (Wildman–Crippen MR) is 73.5 cm³/mol. The van der Waals surface area contributed by atoms with Crippen LogP contribution in [0, 0.1) is 0 Å². The van der Waals surface area contributed by atoms with Crippen LogP contribution < -0.4 is 0 Å². The summed E-state index contributed by atoms with van der Waals surface area (Å²) >= 11 is 0. The van der Waals surface area contributed by atoms with E-state index in [2.05, 4.69) is 4.18 Å². The lowest BCUT2D eigenvalue weighted by molar-refractivity contribution is -0.152. The second-order valence-corrected chi connectivity index (χ2v) is 7.83. The molecule has 2 atom stereocenters. The van der Waals surface area contributed by atoms with E-state index in [1.807, 2.05) is 0 Å². The molecule has 1 aliphatic heterocycles. The number of carboxylic acid groups (broad SMARTS) is 1. The summed E-state index contributed by atoms with van der Waals surface area (Å²) in [5.41, 5.74) is -2.90. The van der Waals surface area contributed by atoms with Gasteiger partial charge in [0.25, 0.3) is 16.0 Å². The lowest BCUT2D eigenvalue weighted by Crippen LogP contribution is -2.53. The minimum Gasteiger partial charge on any atom is -0.479 e. The van der Waals surface area contributed by atoms with E-state index in [9.17, 15) is 27.9 Å². The Balaban J connectivity index is 3.18. The fourth-order valence-electron chi connectivity index (χ4n) is 1.99. The number of nitrogens with zero attached hydrogens (tertiary/aromatic N) is 1. The molecule has 0 aromatic heterocycles. The van der Waals surface area contributed by atoms with Gasteiger partial charge in [0.2, 0.25) is 0 Å². The zero-order valence-corrected chi connectivity index (χ0v) is 13.8. The van der Waals surface area contributed by atoms with E-state index < -0.39 is 51.8 Å². The monoisotopic (exact) mass is 337 g/mol. The molecule has 10 heteroatoms. The highest BCUT2D eigenvalue weighted by Gasteiger charge is 2.58. The first-order valence-corrected chi connectivity index (χ1v) is 8.18. The van der Waals surface area contributed by atoms with Crippen LogP contribution in [0.5, 0.6) is 0 Å². The van der Waals surface area contributed by atoms with E-state index in [0.29, 0.717) is 4.90 Å². The molecule has 9 nitrogen and oxygen atoms in total. The highest BCUT2D eigenvalue weighted by Crippen LogP contribution is 2.34. The van der Waals surface area contributed by atoms with Crippen LogP contribution in [0.15, 0.2) is 0 Å². The highest BCUT2D eigenvalue weighted by atomic mass is 32.2. The summed E-state index contributed by atoms with van der Waals surface area (Å²) in [6.45, 7) is 5.78. The number of hydrogen-bond donors (Lipinski definition) is 1. The van der Waals surface area contributed by atoms with Crippen molar-refractivity contribution in [1.82, 2.24) is 4.90 Å². The largest absolute Gasteiger partial charge is 0.479 e. The van der Waals surface area contributed by atoms with Gasteiger partial charge in [0.15, 0.2) is 11.6 Å². The molecule has 126 valence electrons. The van der Waals surface area contributed by atoms with Gasteiger partial charge in [-0.2, -0.15) is 8.42 Å². The number of hydrogen-bond acceptors (Lipinski definition) is 7. The lowest BCUT2D eigenvalue weighted by Gasteiger charge is -2.31. The molecule has 2 amide bonds. The first-order chi connectivity index (χ1) is 9.67. The summed E-state index contributed by atoms with van der Waals surface area (Å²) in [5.74, 6) is -2.53. The summed E-state index contributed by atoms with van der Waals surface area (Å²) in [6, 6.07) is 0. The van der Waals surface area contributed by atoms with Crippen LogP contribution in [0.3, 0.4) is 0 Å². The van der Waals surface area contributed by atoms with Crippen molar-refractivity contribution < 1.29 is 36.8 Å². The number of carbonyl (C=O) groups excluding carboxylic acids is 2. The molecule has 0 aromatic rings. The summed E-state index contributed by atoms with van der Waals surface area (Å²) in [5, 5.41) is 9.32. The molecule has 0 spiro atoms. The van der Waals surface area contributed by atoms with E-state index in [1.165, 1.54) is 0 Å². The second-order valence-electron chi connectivity index (χ2n) is 6.23. The minimum absolute atomic E-state index is 0.399. The molecule has 0 aliphatic carbocycles. The van der Waals surface area contributed by atoms with Gasteiger partial charge in [-0.05, 0) is 27.7 Å². The lowest BCUT2D eigenvalue weighted by atomic mass is 9.99. The van der Waals surface area contributed by atoms with Crippen molar-refractivity contribution in [2.75, 3.05) is 6.26 Å². The average Bonchev–Trinajstić information content (AvgIpc) is 2.46. The zero-order chi connectivity index (χ0) is 17.5. The summed E-state index contributed by atoms with van der Waals surface area (Å²) in [7, 11) is -3.99. The van der Waals surface area contributed by atoms with Crippen molar-refractivity contribution in [2.45, 2.75) is 51.4 Å². The number of carboxylic acids is 1. The van der Waals surface area contributed by atoms with E-state index in [4.69, 9.17) is 4.74 Å². The van der Waals surface area contributed by atoms with Gasteiger partial charge in [-0.25, -0.2) is 14.5 Å². The van der Waals surface area contributed by atoms with Gasteiger partial charge >= 0.3 is 12.1 Å². The molecule has 1 aliphatic rings. The van der Waals surface area contributed by atoms with Crippen molar-refractivity contribution in [1.29, 1.82) is 0 Å². The molecule has 1 N–H and O–H groups in total. The number of imide groups is 1. The maximum absolute atomic E-state index is 12.2. The molecule has 0 radical (unpaired) electrons. The summed E-state index contributed by atoms with van der Waals surface area (Å²) in [4.78, 5) is 36.2. The highest BCUT2D eigenvalue weighted by molar-refractivity contribution is 7.86. The van der Waals surface area contributed by atoms with Crippen molar-refractivity contribution in [3.8, 4) is 0 Å². The molecule has 1 fully saturated rings. The van der Waals surface area contributed by atoms with E-state index >= 15 is 0 Å². The fraction of sp³-hybridized carbons (Fsp3) is 0.750. The third-order valence-corrected chi connectivity index (χ3v) is 3.48. The Morgan fingerprint density at radius 2 is 1.86 bits per heavy atom. The molecule has 1 rings (SSSR count). The third-order valence-electron chi connectivity index (χ3n) is 2.90. The zero-order valence-electron chi connectivity index (χ0n) is 12.9. The molecule has 0 aromatic carbocycles. The van der Waals surface area contributed by atoms with Gasteiger partial charge < -0.3 is 9.84 Å². The number of aliphatic carboxylic acids is 1. The van der Waals surface area contributed by atoms with E-state index in [-0.39, 0.29) is 0 Å². The van der Waals surface area contributed by atoms with Gasteiger partial charge in [-0.15, -0.1) is 0 Å². The van der Waals surface area contributed by atoms with Gasteiger partial charge in [-0.1, -0.05) is 0 Å². The number of rotatable bonds is 3. The maximum atomic E-state index is 12.2. The summed E-state index contributed by atoms with van der Waals surface area (Å²) < 4.78 is 31.9.